The molecule has 0 spiro atoms. The molecule has 0 heterocycles. The lowest BCUT2D eigenvalue weighted by molar-refractivity contribution is 0.416. The summed E-state index contributed by atoms with van der Waals surface area (Å²) in [5, 5.41) is 10.8. The Morgan fingerprint density at radius 2 is 1.83 bits per heavy atom. The zero-order valence-electron chi connectivity index (χ0n) is 6.16. The molecule has 66 valence electrons. The van der Waals surface area contributed by atoms with E-state index in [1.807, 2.05) is 0 Å². The average Bonchev–Trinajstić information content (AvgIpc) is 2.02. The van der Waals surface area contributed by atoms with Gasteiger partial charge in [-0.2, -0.15) is 0 Å². The van der Waals surface area contributed by atoms with Gasteiger partial charge < -0.3 is 10.4 Å². The van der Waals surface area contributed by atoms with Crippen molar-refractivity contribution >= 4 is 5.69 Å². The average molecular weight is 177 g/mol. The molecule has 0 amide bonds. The molecule has 0 radical (unpaired) electrons. The van der Waals surface area contributed by atoms with E-state index in [2.05, 4.69) is 5.32 Å². The van der Waals surface area contributed by atoms with Crippen LogP contribution in [0, 0.1) is 17.5 Å². The van der Waals surface area contributed by atoms with Crippen molar-refractivity contribution in [1.29, 1.82) is 0 Å². The maximum Gasteiger partial charge on any atom is 0.191 e. The van der Waals surface area contributed by atoms with Crippen LogP contribution in [0.3, 0.4) is 0 Å². The van der Waals surface area contributed by atoms with Gasteiger partial charge in [-0.05, 0) is 0 Å². The summed E-state index contributed by atoms with van der Waals surface area (Å²) >= 11 is 0. The lowest BCUT2D eigenvalue weighted by Crippen LogP contribution is -1.99. The van der Waals surface area contributed by atoms with Gasteiger partial charge in [0.1, 0.15) is 5.69 Å². The number of nitrogens with one attached hydrogen (secondary N) is 1. The lowest BCUT2D eigenvalue weighted by Gasteiger charge is -2.05. The van der Waals surface area contributed by atoms with E-state index in [1.54, 1.807) is 0 Å². The molecule has 0 unspecified atom stereocenters. The summed E-state index contributed by atoms with van der Waals surface area (Å²) < 4.78 is 37.8. The van der Waals surface area contributed by atoms with Crippen molar-refractivity contribution in [2.75, 3.05) is 12.4 Å². The summed E-state index contributed by atoms with van der Waals surface area (Å²) in [7, 11) is 1.22. The molecule has 0 saturated heterocycles. The molecule has 0 aliphatic heterocycles. The summed E-state index contributed by atoms with van der Waals surface area (Å²) in [6.45, 7) is 0. The molecule has 0 aliphatic carbocycles. The van der Waals surface area contributed by atoms with E-state index in [0.29, 0.717) is 6.07 Å². The van der Waals surface area contributed by atoms with Crippen molar-refractivity contribution in [2.45, 2.75) is 0 Å². The number of halogens is 3. The Hall–Kier alpha value is -1.39. The molecule has 0 saturated carbocycles. The van der Waals surface area contributed by atoms with Gasteiger partial charge in [0, 0.05) is 13.1 Å². The van der Waals surface area contributed by atoms with Crippen LogP contribution in [0.5, 0.6) is 5.75 Å². The van der Waals surface area contributed by atoms with Crippen LogP contribution in [0.2, 0.25) is 0 Å². The minimum absolute atomic E-state index is 0.380. The molecule has 2 N–H and O–H groups in total. The Morgan fingerprint density at radius 3 is 2.33 bits per heavy atom. The molecule has 0 atom stereocenters. The largest absolute Gasteiger partial charge is 0.505 e. The van der Waals surface area contributed by atoms with E-state index < -0.39 is 28.9 Å². The summed E-state index contributed by atoms with van der Waals surface area (Å²) in [6.07, 6.45) is 0. The van der Waals surface area contributed by atoms with Crippen molar-refractivity contribution in [3.63, 3.8) is 0 Å². The first-order chi connectivity index (χ1) is 5.57. The molecule has 0 fully saturated rings. The van der Waals surface area contributed by atoms with Gasteiger partial charge in [0.25, 0.3) is 0 Å². The smallest absolute Gasteiger partial charge is 0.191 e. The second kappa shape index (κ2) is 2.92. The highest BCUT2D eigenvalue weighted by molar-refractivity contribution is 5.51. The maximum atomic E-state index is 12.7. The molecule has 1 rings (SSSR count). The van der Waals surface area contributed by atoms with E-state index in [-0.39, 0.29) is 0 Å². The van der Waals surface area contributed by atoms with Crippen molar-refractivity contribution < 1.29 is 18.3 Å². The van der Waals surface area contributed by atoms with Crippen LogP contribution in [0.15, 0.2) is 6.07 Å². The third-order valence-electron chi connectivity index (χ3n) is 1.39. The van der Waals surface area contributed by atoms with Gasteiger partial charge in [0.05, 0.1) is 0 Å². The molecule has 1 aromatic rings. The monoisotopic (exact) mass is 177 g/mol. The van der Waals surface area contributed by atoms with E-state index in [9.17, 15) is 13.2 Å². The predicted molar refractivity (Wildman–Crippen MR) is 37.5 cm³/mol. The minimum Gasteiger partial charge on any atom is -0.505 e. The van der Waals surface area contributed by atoms with Crippen molar-refractivity contribution in [3.05, 3.63) is 23.5 Å². The van der Waals surface area contributed by atoms with Crippen molar-refractivity contribution in [1.82, 2.24) is 0 Å². The Balaban J connectivity index is 3.42. The van der Waals surface area contributed by atoms with Crippen molar-refractivity contribution in [2.24, 2.45) is 0 Å². The van der Waals surface area contributed by atoms with Gasteiger partial charge in [0.2, 0.25) is 0 Å². The summed E-state index contributed by atoms with van der Waals surface area (Å²) in [5.41, 5.74) is -0.674. The first-order valence-corrected chi connectivity index (χ1v) is 3.12. The summed E-state index contributed by atoms with van der Waals surface area (Å²) in [4.78, 5) is 0. The Labute approximate surface area is 66.6 Å². The van der Waals surface area contributed by atoms with Gasteiger partial charge in [0.15, 0.2) is 23.2 Å². The zero-order valence-corrected chi connectivity index (χ0v) is 6.16. The highest BCUT2D eigenvalue weighted by atomic mass is 19.2. The van der Waals surface area contributed by atoms with Gasteiger partial charge in [-0.25, -0.2) is 13.2 Å². The number of phenols is 1. The standard InChI is InChI=1S/C7H6F3NO/c1-11-7-5(9)3(8)2-4(12)6(7)10/h2,11-12H,1H3. The minimum atomic E-state index is -1.34. The highest BCUT2D eigenvalue weighted by Gasteiger charge is 2.16. The van der Waals surface area contributed by atoms with E-state index >= 15 is 0 Å². The lowest BCUT2D eigenvalue weighted by atomic mass is 10.2. The third-order valence-corrected chi connectivity index (χ3v) is 1.39. The van der Waals surface area contributed by atoms with Gasteiger partial charge in [-0.3, -0.25) is 0 Å². The van der Waals surface area contributed by atoms with Crippen LogP contribution >= 0.6 is 0 Å². The maximum absolute atomic E-state index is 12.7. The number of hydrogen-bond donors (Lipinski definition) is 2. The van der Waals surface area contributed by atoms with Crippen LogP contribution in [-0.2, 0) is 0 Å². The number of hydrogen-bond acceptors (Lipinski definition) is 2. The Kier molecular flexibility index (Phi) is 2.12. The fraction of sp³-hybridized carbons (Fsp3) is 0.143. The highest BCUT2D eigenvalue weighted by Crippen LogP contribution is 2.28. The Bertz CT molecular complexity index is 288. The van der Waals surface area contributed by atoms with Gasteiger partial charge >= 0.3 is 0 Å². The first-order valence-electron chi connectivity index (χ1n) is 3.12. The second-order valence-electron chi connectivity index (χ2n) is 2.13. The number of aromatic hydroxyl groups is 1. The van der Waals surface area contributed by atoms with Gasteiger partial charge in [-0.15, -0.1) is 0 Å². The molecule has 0 aromatic heterocycles. The van der Waals surface area contributed by atoms with Crippen LogP contribution in [0.25, 0.3) is 0 Å². The number of anilines is 1. The third kappa shape index (κ3) is 1.17. The summed E-state index contributed by atoms with van der Waals surface area (Å²) in [6, 6.07) is 0.380. The number of phenolic OH excluding ortho intramolecular Hbond substituents is 1. The molecule has 0 bridgehead atoms. The topological polar surface area (TPSA) is 32.3 Å². The van der Waals surface area contributed by atoms with Crippen LogP contribution < -0.4 is 5.32 Å². The molecule has 5 heteroatoms. The SMILES string of the molecule is CNc1c(F)c(O)cc(F)c1F. The fourth-order valence-electron chi connectivity index (χ4n) is 0.810. The first kappa shape index (κ1) is 8.70. The molecule has 1 aromatic carbocycles. The zero-order chi connectivity index (χ0) is 9.30. The van der Waals surface area contributed by atoms with Gasteiger partial charge in [-0.1, -0.05) is 0 Å². The second-order valence-corrected chi connectivity index (χ2v) is 2.13. The molecular formula is C7H6F3NO. The van der Waals surface area contributed by atoms with E-state index in [4.69, 9.17) is 5.11 Å². The number of benzene rings is 1. The van der Waals surface area contributed by atoms with Crippen LogP contribution in [0.4, 0.5) is 18.9 Å². The molecular weight excluding hydrogens is 171 g/mol. The molecule has 2 nitrogen and oxygen atoms in total. The van der Waals surface area contributed by atoms with Crippen LogP contribution in [-0.4, -0.2) is 12.2 Å². The van der Waals surface area contributed by atoms with E-state index in [1.165, 1.54) is 7.05 Å². The van der Waals surface area contributed by atoms with Crippen molar-refractivity contribution in [3.8, 4) is 5.75 Å². The number of rotatable bonds is 1. The molecule has 12 heavy (non-hydrogen) atoms. The fourth-order valence-corrected chi connectivity index (χ4v) is 0.810. The van der Waals surface area contributed by atoms with E-state index in [0.717, 1.165) is 0 Å². The molecule has 0 aliphatic rings. The predicted octanol–water partition coefficient (Wildman–Crippen LogP) is 1.85. The van der Waals surface area contributed by atoms with Crippen LogP contribution in [0.1, 0.15) is 0 Å². The summed E-state index contributed by atoms with van der Waals surface area (Å²) in [5.74, 6) is -4.75. The Morgan fingerprint density at radius 1 is 1.25 bits per heavy atom. The quantitative estimate of drug-likeness (QED) is 0.641. The normalized spacial score (nSPS) is 10.0.